The van der Waals surface area contributed by atoms with Crippen molar-refractivity contribution in [2.75, 3.05) is 29.9 Å². The van der Waals surface area contributed by atoms with Crippen LogP contribution in [0.25, 0.3) is 10.2 Å². The van der Waals surface area contributed by atoms with Crippen molar-refractivity contribution >= 4 is 33.3 Å². The van der Waals surface area contributed by atoms with Crippen molar-refractivity contribution in [1.82, 2.24) is 9.97 Å². The van der Waals surface area contributed by atoms with Crippen LogP contribution in [0.2, 0.25) is 0 Å². The summed E-state index contributed by atoms with van der Waals surface area (Å²) >= 11 is 1.80. The molecule has 0 radical (unpaired) electrons. The number of anilines is 2. The second kappa shape index (κ2) is 5.95. The highest BCUT2D eigenvalue weighted by atomic mass is 32.1. The van der Waals surface area contributed by atoms with E-state index in [1.54, 1.807) is 11.3 Å². The van der Waals surface area contributed by atoms with Gasteiger partial charge >= 0.3 is 0 Å². The first-order valence-corrected chi connectivity index (χ1v) is 8.42. The highest BCUT2D eigenvalue weighted by Gasteiger charge is 2.18. The second-order valence-electron chi connectivity index (χ2n) is 5.23. The van der Waals surface area contributed by atoms with Crippen LogP contribution in [0.4, 0.5) is 11.8 Å². The average molecular weight is 290 g/mol. The zero-order valence-corrected chi connectivity index (χ0v) is 13.1. The van der Waals surface area contributed by atoms with Crippen molar-refractivity contribution in [3.05, 3.63) is 10.9 Å². The summed E-state index contributed by atoms with van der Waals surface area (Å²) in [5, 5.41) is 4.50. The molecule has 1 aliphatic rings. The number of aryl methyl sites for hydroxylation is 1. The quantitative estimate of drug-likeness (QED) is 0.932. The molecule has 0 aromatic carbocycles. The average Bonchev–Trinajstić information content (AvgIpc) is 2.91. The van der Waals surface area contributed by atoms with Gasteiger partial charge in [0.25, 0.3) is 0 Å². The van der Waals surface area contributed by atoms with Gasteiger partial charge in [0.15, 0.2) is 0 Å². The normalized spacial score (nSPS) is 15.8. The molecular weight excluding hydrogens is 268 g/mol. The number of nitrogens with one attached hydrogen (secondary N) is 1. The molecule has 2 aromatic heterocycles. The Hall–Kier alpha value is -1.36. The molecule has 3 rings (SSSR count). The van der Waals surface area contributed by atoms with Crippen LogP contribution < -0.4 is 10.2 Å². The van der Waals surface area contributed by atoms with Crippen molar-refractivity contribution in [1.29, 1.82) is 0 Å². The Bertz CT molecular complexity index is 587. The monoisotopic (exact) mass is 290 g/mol. The Morgan fingerprint density at radius 1 is 1.20 bits per heavy atom. The van der Waals surface area contributed by atoms with E-state index < -0.39 is 0 Å². The van der Waals surface area contributed by atoms with Gasteiger partial charge in [0.05, 0.1) is 5.39 Å². The van der Waals surface area contributed by atoms with Crippen LogP contribution in [0.15, 0.2) is 6.07 Å². The van der Waals surface area contributed by atoms with Crippen molar-refractivity contribution in [3.8, 4) is 0 Å². The van der Waals surface area contributed by atoms with Gasteiger partial charge in [-0.1, -0.05) is 6.92 Å². The SMILES string of the molecule is CCNc1nc(N2CCCCC2)c2cc(CC)sc2n1. The number of fused-ring (bicyclic) bond motifs is 1. The molecule has 0 aliphatic carbocycles. The van der Waals surface area contributed by atoms with Crippen LogP contribution >= 0.6 is 11.3 Å². The molecule has 2 aromatic rings. The lowest BCUT2D eigenvalue weighted by molar-refractivity contribution is 0.575. The lowest BCUT2D eigenvalue weighted by Gasteiger charge is -2.28. The summed E-state index contributed by atoms with van der Waals surface area (Å²) in [5.74, 6) is 1.90. The molecule has 4 nitrogen and oxygen atoms in total. The lowest BCUT2D eigenvalue weighted by Crippen LogP contribution is -2.30. The molecule has 0 atom stereocenters. The van der Waals surface area contributed by atoms with E-state index in [1.807, 2.05) is 0 Å². The van der Waals surface area contributed by atoms with Gasteiger partial charge in [-0.05, 0) is 38.7 Å². The Kier molecular flexibility index (Phi) is 4.05. The predicted molar refractivity (Wildman–Crippen MR) is 87.0 cm³/mol. The first-order chi connectivity index (χ1) is 9.81. The van der Waals surface area contributed by atoms with Crippen molar-refractivity contribution < 1.29 is 0 Å². The number of nitrogens with zero attached hydrogens (tertiary/aromatic N) is 3. The summed E-state index contributed by atoms with van der Waals surface area (Å²) in [4.78, 5) is 14.4. The molecule has 1 saturated heterocycles. The van der Waals surface area contributed by atoms with Crippen LogP contribution in [0, 0.1) is 0 Å². The number of thiophene rings is 1. The first kappa shape index (κ1) is 13.6. The van der Waals surface area contributed by atoms with Gasteiger partial charge in [0, 0.05) is 24.5 Å². The first-order valence-electron chi connectivity index (χ1n) is 7.61. The van der Waals surface area contributed by atoms with Crippen LogP contribution in [-0.4, -0.2) is 29.6 Å². The van der Waals surface area contributed by atoms with Gasteiger partial charge in [-0.25, -0.2) is 4.98 Å². The zero-order chi connectivity index (χ0) is 13.9. The highest BCUT2D eigenvalue weighted by Crippen LogP contribution is 2.33. The Morgan fingerprint density at radius 3 is 2.70 bits per heavy atom. The smallest absolute Gasteiger partial charge is 0.226 e. The van der Waals surface area contributed by atoms with Crippen LogP contribution in [0.1, 0.15) is 38.0 Å². The molecule has 0 spiro atoms. The van der Waals surface area contributed by atoms with Crippen molar-refractivity contribution in [2.45, 2.75) is 39.5 Å². The minimum absolute atomic E-state index is 0.769. The Balaban J connectivity index is 2.07. The van der Waals surface area contributed by atoms with Gasteiger partial charge in [-0.2, -0.15) is 4.98 Å². The third-order valence-electron chi connectivity index (χ3n) is 3.76. The zero-order valence-electron chi connectivity index (χ0n) is 12.3. The minimum atomic E-state index is 0.769. The molecule has 1 fully saturated rings. The van der Waals surface area contributed by atoms with Crippen LogP contribution in [0.3, 0.4) is 0 Å². The molecule has 0 unspecified atom stereocenters. The largest absolute Gasteiger partial charge is 0.356 e. The molecule has 20 heavy (non-hydrogen) atoms. The molecule has 0 bridgehead atoms. The Morgan fingerprint density at radius 2 is 2.00 bits per heavy atom. The van der Waals surface area contributed by atoms with Gasteiger partial charge in [-0.3, -0.25) is 0 Å². The molecule has 108 valence electrons. The van der Waals surface area contributed by atoms with Crippen LogP contribution in [0.5, 0.6) is 0 Å². The van der Waals surface area contributed by atoms with Gasteiger partial charge in [0.2, 0.25) is 5.95 Å². The lowest BCUT2D eigenvalue weighted by atomic mass is 10.1. The third kappa shape index (κ3) is 2.59. The fraction of sp³-hybridized carbons (Fsp3) is 0.600. The summed E-state index contributed by atoms with van der Waals surface area (Å²) in [7, 11) is 0. The van der Waals surface area contributed by atoms with Crippen molar-refractivity contribution in [2.24, 2.45) is 0 Å². The topological polar surface area (TPSA) is 41.1 Å². The summed E-state index contributed by atoms with van der Waals surface area (Å²) in [6.45, 7) is 7.38. The molecule has 0 saturated carbocycles. The summed E-state index contributed by atoms with van der Waals surface area (Å²) < 4.78 is 0. The summed E-state index contributed by atoms with van der Waals surface area (Å²) in [6.07, 6.45) is 4.95. The van der Waals surface area contributed by atoms with Gasteiger partial charge in [0.1, 0.15) is 10.6 Å². The van der Waals surface area contributed by atoms with E-state index in [4.69, 9.17) is 4.98 Å². The fourth-order valence-corrected chi connectivity index (χ4v) is 3.68. The van der Waals surface area contributed by atoms with E-state index in [1.165, 1.54) is 29.5 Å². The maximum Gasteiger partial charge on any atom is 0.226 e. The predicted octanol–water partition coefficient (Wildman–Crippen LogP) is 3.68. The number of hydrogen-bond acceptors (Lipinski definition) is 5. The third-order valence-corrected chi connectivity index (χ3v) is 4.94. The van der Waals surface area contributed by atoms with Gasteiger partial charge < -0.3 is 10.2 Å². The van der Waals surface area contributed by atoms with Gasteiger partial charge in [-0.15, -0.1) is 11.3 Å². The number of piperidine rings is 1. The number of rotatable bonds is 4. The Labute approximate surface area is 124 Å². The summed E-state index contributed by atoms with van der Waals surface area (Å²) in [6, 6.07) is 2.28. The van der Waals surface area contributed by atoms with Crippen molar-refractivity contribution in [3.63, 3.8) is 0 Å². The van der Waals surface area contributed by atoms with E-state index in [0.29, 0.717) is 0 Å². The molecule has 1 N–H and O–H groups in total. The molecule has 1 aliphatic heterocycles. The maximum absolute atomic E-state index is 4.77. The number of hydrogen-bond donors (Lipinski definition) is 1. The van der Waals surface area contributed by atoms with E-state index in [0.717, 1.165) is 42.7 Å². The summed E-state index contributed by atoms with van der Waals surface area (Å²) in [5.41, 5.74) is 0. The maximum atomic E-state index is 4.77. The van der Waals surface area contributed by atoms with E-state index >= 15 is 0 Å². The van der Waals surface area contributed by atoms with E-state index in [9.17, 15) is 0 Å². The van der Waals surface area contributed by atoms with E-state index in [2.05, 4.69) is 35.1 Å². The van der Waals surface area contributed by atoms with Crippen LogP contribution in [-0.2, 0) is 6.42 Å². The molecule has 5 heteroatoms. The van der Waals surface area contributed by atoms with E-state index in [-0.39, 0.29) is 0 Å². The number of aromatic nitrogens is 2. The standard InChI is InChI=1S/C15H22N4S/c1-3-11-10-12-13(19-8-6-5-7-9-19)17-15(16-4-2)18-14(12)20-11/h10H,3-9H2,1-2H3,(H,16,17,18). The molecular formula is C15H22N4S. The fourth-order valence-electron chi connectivity index (χ4n) is 2.71. The minimum Gasteiger partial charge on any atom is -0.356 e. The molecule has 3 heterocycles. The highest BCUT2D eigenvalue weighted by molar-refractivity contribution is 7.18. The molecule has 0 amide bonds. The second-order valence-corrected chi connectivity index (χ2v) is 6.35.